The normalized spacial score (nSPS) is 19.1. The Kier molecular flexibility index (Phi) is 4.97. The molecule has 5 rings (SSSR count). The molecule has 0 bridgehead atoms. The molecular formula is C22H26N4O3. The average molecular weight is 394 g/mol. The number of hydrogen-bond donors (Lipinski definition) is 1. The molecule has 1 aliphatic carbocycles. The van der Waals surface area contributed by atoms with Crippen molar-refractivity contribution in [3.8, 4) is 11.5 Å². The minimum atomic E-state index is 0.128. The van der Waals surface area contributed by atoms with E-state index in [9.17, 15) is 4.79 Å². The van der Waals surface area contributed by atoms with Crippen molar-refractivity contribution in [3.05, 3.63) is 42.1 Å². The number of fused-ring (bicyclic) bond motifs is 1. The Labute approximate surface area is 170 Å². The predicted molar refractivity (Wildman–Crippen MR) is 110 cm³/mol. The lowest BCUT2D eigenvalue weighted by Gasteiger charge is -2.35. The van der Waals surface area contributed by atoms with Crippen LogP contribution in [-0.4, -0.2) is 48.8 Å². The highest BCUT2D eigenvalue weighted by molar-refractivity contribution is 5.92. The van der Waals surface area contributed by atoms with Gasteiger partial charge in [0.1, 0.15) is 5.82 Å². The van der Waals surface area contributed by atoms with Crippen molar-refractivity contribution >= 4 is 17.4 Å². The Morgan fingerprint density at radius 3 is 2.62 bits per heavy atom. The summed E-state index contributed by atoms with van der Waals surface area (Å²) >= 11 is 0. The van der Waals surface area contributed by atoms with Gasteiger partial charge in [0.15, 0.2) is 11.5 Å². The summed E-state index contributed by atoms with van der Waals surface area (Å²) < 4.78 is 10.9. The number of nitrogens with one attached hydrogen (secondary N) is 1. The van der Waals surface area contributed by atoms with Gasteiger partial charge in [0.25, 0.3) is 0 Å². The van der Waals surface area contributed by atoms with Gasteiger partial charge in [-0.3, -0.25) is 9.69 Å². The number of rotatable bonds is 5. The molecule has 1 aromatic heterocycles. The van der Waals surface area contributed by atoms with Gasteiger partial charge in [-0.2, -0.15) is 0 Å². The summed E-state index contributed by atoms with van der Waals surface area (Å²) in [7, 11) is 0. The first-order valence-corrected chi connectivity index (χ1v) is 10.4. The molecule has 1 N–H and O–H groups in total. The Morgan fingerprint density at radius 1 is 1.07 bits per heavy atom. The topological polar surface area (TPSA) is 66.9 Å². The van der Waals surface area contributed by atoms with E-state index < -0.39 is 0 Å². The predicted octanol–water partition coefficient (Wildman–Crippen LogP) is 2.87. The molecule has 2 aliphatic heterocycles. The number of ether oxygens (including phenoxy) is 2. The standard InChI is InChI=1S/C22H26N4O3/c27-22(17-2-1-3-17)24-18-5-7-21(23-13-18)26-10-8-25(9-11-26)14-16-4-6-19-20(12-16)29-15-28-19/h4-7,12-13,17H,1-3,8-11,14-15H2,(H,24,27). The molecule has 29 heavy (non-hydrogen) atoms. The number of nitrogens with zero attached hydrogens (tertiary/aromatic N) is 3. The lowest BCUT2D eigenvalue weighted by molar-refractivity contribution is -0.122. The zero-order chi connectivity index (χ0) is 19.6. The Balaban J connectivity index is 1.13. The largest absolute Gasteiger partial charge is 0.454 e. The number of carbonyl (C=O) groups is 1. The summed E-state index contributed by atoms with van der Waals surface area (Å²) in [6.45, 7) is 5.06. The molecule has 3 aliphatic rings. The Bertz CT molecular complexity index is 874. The molecule has 2 aromatic rings. The fourth-order valence-electron chi connectivity index (χ4n) is 3.99. The highest BCUT2D eigenvalue weighted by Gasteiger charge is 2.25. The number of benzene rings is 1. The number of hydrogen-bond acceptors (Lipinski definition) is 6. The zero-order valence-electron chi connectivity index (χ0n) is 16.5. The van der Waals surface area contributed by atoms with Gasteiger partial charge in [-0.05, 0) is 42.7 Å². The molecule has 7 nitrogen and oxygen atoms in total. The Hall–Kier alpha value is -2.80. The SMILES string of the molecule is O=C(Nc1ccc(N2CCN(Cc3ccc4c(c3)OCO4)CC2)nc1)C1CCC1. The number of carbonyl (C=O) groups excluding carboxylic acids is 1. The lowest BCUT2D eigenvalue weighted by atomic mass is 9.85. The molecule has 1 saturated heterocycles. The van der Waals surface area contributed by atoms with Crippen LogP contribution in [0, 0.1) is 5.92 Å². The number of aromatic nitrogens is 1. The van der Waals surface area contributed by atoms with Gasteiger partial charge in [-0.1, -0.05) is 12.5 Å². The molecule has 1 amide bonds. The fourth-order valence-corrected chi connectivity index (χ4v) is 3.99. The minimum absolute atomic E-state index is 0.128. The highest BCUT2D eigenvalue weighted by Crippen LogP contribution is 2.33. The number of amides is 1. The molecule has 7 heteroatoms. The maximum atomic E-state index is 12.1. The van der Waals surface area contributed by atoms with E-state index in [1.165, 1.54) is 5.56 Å². The average Bonchev–Trinajstić information content (AvgIpc) is 3.16. The number of pyridine rings is 1. The monoisotopic (exact) mass is 394 g/mol. The molecule has 3 heterocycles. The van der Waals surface area contributed by atoms with Gasteiger partial charge in [0.2, 0.25) is 12.7 Å². The fraction of sp³-hybridized carbons (Fsp3) is 0.455. The lowest BCUT2D eigenvalue weighted by Crippen LogP contribution is -2.46. The van der Waals surface area contributed by atoms with Crippen molar-refractivity contribution < 1.29 is 14.3 Å². The zero-order valence-corrected chi connectivity index (χ0v) is 16.5. The number of anilines is 2. The smallest absolute Gasteiger partial charge is 0.231 e. The molecule has 2 fully saturated rings. The van der Waals surface area contributed by atoms with Crippen LogP contribution in [0.25, 0.3) is 0 Å². The first kappa shape index (κ1) is 18.2. The van der Waals surface area contributed by atoms with Crippen LogP contribution in [0.2, 0.25) is 0 Å². The van der Waals surface area contributed by atoms with E-state index in [-0.39, 0.29) is 11.8 Å². The van der Waals surface area contributed by atoms with E-state index in [2.05, 4.69) is 32.2 Å². The molecule has 152 valence electrons. The minimum Gasteiger partial charge on any atom is -0.454 e. The van der Waals surface area contributed by atoms with Crippen molar-refractivity contribution in [2.45, 2.75) is 25.8 Å². The van der Waals surface area contributed by atoms with Crippen molar-refractivity contribution in [1.82, 2.24) is 9.88 Å². The maximum Gasteiger partial charge on any atom is 0.231 e. The van der Waals surface area contributed by atoms with Crippen LogP contribution < -0.4 is 19.7 Å². The van der Waals surface area contributed by atoms with Gasteiger partial charge >= 0.3 is 0 Å². The van der Waals surface area contributed by atoms with Crippen molar-refractivity contribution in [2.75, 3.05) is 43.2 Å². The number of piperazine rings is 1. The van der Waals surface area contributed by atoms with E-state index in [0.29, 0.717) is 6.79 Å². The van der Waals surface area contributed by atoms with Gasteiger partial charge in [0, 0.05) is 38.6 Å². The third kappa shape index (κ3) is 4.00. The van der Waals surface area contributed by atoms with Crippen LogP contribution >= 0.6 is 0 Å². The van der Waals surface area contributed by atoms with Crippen LogP contribution in [0.1, 0.15) is 24.8 Å². The second-order valence-electron chi connectivity index (χ2n) is 7.97. The molecule has 0 spiro atoms. The van der Waals surface area contributed by atoms with Gasteiger partial charge in [-0.15, -0.1) is 0 Å². The summed E-state index contributed by atoms with van der Waals surface area (Å²) in [5, 5.41) is 2.98. The van der Waals surface area contributed by atoms with Crippen LogP contribution in [0.4, 0.5) is 11.5 Å². The van der Waals surface area contributed by atoms with Crippen molar-refractivity contribution in [2.24, 2.45) is 5.92 Å². The third-order valence-corrected chi connectivity index (χ3v) is 6.03. The summed E-state index contributed by atoms with van der Waals surface area (Å²) in [6, 6.07) is 10.1. The molecule has 0 atom stereocenters. The van der Waals surface area contributed by atoms with E-state index in [4.69, 9.17) is 9.47 Å². The summed E-state index contributed by atoms with van der Waals surface area (Å²) in [6.07, 6.45) is 4.95. The first-order chi connectivity index (χ1) is 14.2. The first-order valence-electron chi connectivity index (χ1n) is 10.4. The molecule has 0 unspecified atom stereocenters. The van der Waals surface area contributed by atoms with Crippen LogP contribution in [0.3, 0.4) is 0 Å². The van der Waals surface area contributed by atoms with Crippen LogP contribution in [0.5, 0.6) is 11.5 Å². The van der Waals surface area contributed by atoms with Gasteiger partial charge < -0.3 is 19.7 Å². The molecule has 1 saturated carbocycles. The van der Waals surface area contributed by atoms with Gasteiger partial charge in [0.05, 0.1) is 11.9 Å². The molecule has 0 radical (unpaired) electrons. The maximum absolute atomic E-state index is 12.1. The van der Waals surface area contributed by atoms with Gasteiger partial charge in [-0.25, -0.2) is 4.98 Å². The van der Waals surface area contributed by atoms with E-state index in [1.807, 2.05) is 18.2 Å². The second kappa shape index (κ2) is 7.91. The van der Waals surface area contributed by atoms with E-state index in [1.54, 1.807) is 6.20 Å². The Morgan fingerprint density at radius 2 is 1.90 bits per heavy atom. The summed E-state index contributed by atoms with van der Waals surface area (Å²) in [5.74, 6) is 2.96. The van der Waals surface area contributed by atoms with Crippen molar-refractivity contribution in [1.29, 1.82) is 0 Å². The second-order valence-corrected chi connectivity index (χ2v) is 7.97. The van der Waals surface area contributed by atoms with Crippen LogP contribution in [0.15, 0.2) is 36.5 Å². The van der Waals surface area contributed by atoms with Crippen LogP contribution in [-0.2, 0) is 11.3 Å². The molecular weight excluding hydrogens is 368 g/mol. The van der Waals surface area contributed by atoms with E-state index >= 15 is 0 Å². The highest BCUT2D eigenvalue weighted by atomic mass is 16.7. The third-order valence-electron chi connectivity index (χ3n) is 6.03. The molecule has 1 aromatic carbocycles. The van der Waals surface area contributed by atoms with E-state index in [0.717, 1.165) is 75.0 Å². The van der Waals surface area contributed by atoms with Crippen molar-refractivity contribution in [3.63, 3.8) is 0 Å². The summed E-state index contributed by atoms with van der Waals surface area (Å²) in [4.78, 5) is 21.4. The summed E-state index contributed by atoms with van der Waals surface area (Å²) in [5.41, 5.74) is 2.03. The quantitative estimate of drug-likeness (QED) is 0.841.